The van der Waals surface area contributed by atoms with Gasteiger partial charge in [0, 0.05) is 31.3 Å². The first-order chi connectivity index (χ1) is 13.1. The lowest BCUT2D eigenvalue weighted by Gasteiger charge is -2.53. The van der Waals surface area contributed by atoms with Gasteiger partial charge in [-0.05, 0) is 62.2 Å². The van der Waals surface area contributed by atoms with E-state index < -0.39 is 0 Å². The van der Waals surface area contributed by atoms with Crippen molar-refractivity contribution in [2.45, 2.75) is 91.3 Å². The van der Waals surface area contributed by atoms with Crippen LogP contribution in [0.25, 0.3) is 0 Å². The molecule has 154 valence electrons. The minimum absolute atomic E-state index is 0.0125. The first-order valence-corrected chi connectivity index (χ1v) is 10.8. The molecular weight excluding hydrogens is 356 g/mol. The first-order valence-electron chi connectivity index (χ1n) is 10.8. The van der Waals surface area contributed by atoms with Crippen molar-refractivity contribution in [2.24, 2.45) is 22.7 Å². The predicted molar refractivity (Wildman–Crippen MR) is 103 cm³/mol. The maximum absolute atomic E-state index is 13.4. The van der Waals surface area contributed by atoms with Gasteiger partial charge in [0.25, 0.3) is 0 Å². The van der Waals surface area contributed by atoms with Crippen LogP contribution in [0.4, 0.5) is 0 Å². The molecule has 0 radical (unpaired) electrons. The molecule has 0 amide bonds. The van der Waals surface area contributed by atoms with Gasteiger partial charge >= 0.3 is 11.9 Å². The molecule has 5 heteroatoms. The zero-order valence-corrected chi connectivity index (χ0v) is 17.5. The van der Waals surface area contributed by atoms with E-state index in [0.29, 0.717) is 18.3 Å². The molecule has 28 heavy (non-hydrogen) atoms. The van der Waals surface area contributed by atoms with Crippen LogP contribution in [0.1, 0.15) is 79.1 Å². The molecule has 0 aliphatic heterocycles. The molecule has 6 atom stereocenters. The number of ether oxygens (including phenoxy) is 2. The Labute approximate surface area is 167 Å². The number of ketones is 1. The molecule has 0 bridgehead atoms. The zero-order valence-electron chi connectivity index (χ0n) is 17.5. The Morgan fingerprint density at radius 3 is 2.39 bits per heavy atom. The maximum atomic E-state index is 13.4. The molecule has 2 saturated carbocycles. The van der Waals surface area contributed by atoms with Crippen LogP contribution in [0.5, 0.6) is 0 Å². The van der Waals surface area contributed by atoms with E-state index >= 15 is 0 Å². The van der Waals surface area contributed by atoms with Gasteiger partial charge in [0.15, 0.2) is 5.78 Å². The predicted octanol–water partition coefficient (Wildman–Crippen LogP) is 4.14. The van der Waals surface area contributed by atoms with Gasteiger partial charge in [-0.25, -0.2) is 0 Å². The molecule has 4 aliphatic carbocycles. The molecule has 0 N–H and O–H groups in total. The third kappa shape index (κ3) is 2.93. The molecule has 4 aliphatic rings. The summed E-state index contributed by atoms with van der Waals surface area (Å²) in [6.45, 7) is 7.33. The third-order valence-corrected chi connectivity index (χ3v) is 8.22. The van der Waals surface area contributed by atoms with Crippen LogP contribution in [-0.2, 0) is 23.9 Å². The highest BCUT2D eigenvalue weighted by atomic mass is 16.5. The number of carbonyl (C=O) groups excluding carboxylic acids is 3. The van der Waals surface area contributed by atoms with E-state index in [1.165, 1.54) is 19.4 Å². The Balaban J connectivity index is 1.65. The Bertz CT molecular complexity index is 752. The van der Waals surface area contributed by atoms with Gasteiger partial charge in [0.1, 0.15) is 12.2 Å². The van der Waals surface area contributed by atoms with Gasteiger partial charge in [-0.1, -0.05) is 19.4 Å². The second kappa shape index (κ2) is 6.70. The minimum Gasteiger partial charge on any atom is -0.463 e. The smallest absolute Gasteiger partial charge is 0.302 e. The van der Waals surface area contributed by atoms with Crippen LogP contribution >= 0.6 is 0 Å². The van der Waals surface area contributed by atoms with Gasteiger partial charge < -0.3 is 9.47 Å². The van der Waals surface area contributed by atoms with Crippen molar-refractivity contribution >= 4 is 17.7 Å². The lowest BCUT2D eigenvalue weighted by molar-refractivity contribution is -0.154. The maximum Gasteiger partial charge on any atom is 0.302 e. The van der Waals surface area contributed by atoms with Crippen LogP contribution in [0, 0.1) is 22.7 Å². The first kappa shape index (κ1) is 19.7. The Morgan fingerprint density at radius 2 is 1.71 bits per heavy atom. The van der Waals surface area contributed by atoms with E-state index in [1.807, 2.05) is 0 Å². The number of allylic oxidation sites excluding steroid dienone is 2. The summed E-state index contributed by atoms with van der Waals surface area (Å²) in [4.78, 5) is 36.4. The molecule has 0 spiro atoms. The Morgan fingerprint density at radius 1 is 1.00 bits per heavy atom. The Hall–Kier alpha value is -1.65. The second-order valence-corrected chi connectivity index (χ2v) is 9.89. The van der Waals surface area contributed by atoms with Crippen molar-refractivity contribution in [1.29, 1.82) is 0 Å². The van der Waals surface area contributed by atoms with Gasteiger partial charge in [-0.2, -0.15) is 0 Å². The summed E-state index contributed by atoms with van der Waals surface area (Å²) in [5, 5.41) is 0. The monoisotopic (exact) mass is 388 g/mol. The number of fused-ring (bicyclic) bond motifs is 4. The summed E-state index contributed by atoms with van der Waals surface area (Å²) in [7, 11) is 0. The van der Waals surface area contributed by atoms with Gasteiger partial charge in [-0.15, -0.1) is 0 Å². The highest BCUT2D eigenvalue weighted by molar-refractivity contribution is 5.99. The summed E-state index contributed by atoms with van der Waals surface area (Å²) in [5.41, 5.74) is 2.05. The third-order valence-electron chi connectivity index (χ3n) is 8.22. The fourth-order valence-corrected chi connectivity index (χ4v) is 6.97. The number of hydrogen-bond acceptors (Lipinski definition) is 5. The minimum atomic E-state index is -0.264. The highest BCUT2D eigenvalue weighted by Crippen LogP contribution is 2.63. The van der Waals surface area contributed by atoms with E-state index in [4.69, 9.17) is 9.47 Å². The summed E-state index contributed by atoms with van der Waals surface area (Å²) in [6.07, 6.45) is 6.73. The van der Waals surface area contributed by atoms with Crippen molar-refractivity contribution in [3.05, 3.63) is 11.1 Å². The SMILES string of the molecule is CC(=O)O[C@@H]1CC[C@]2(C)C3=C(CC[C@H]2C1)[C@@H]1CC[C@H](OC(C)=O)[C@@]1(C)CC3=O. The molecule has 5 nitrogen and oxygen atoms in total. The van der Waals surface area contributed by atoms with Gasteiger partial charge in [0.05, 0.1) is 0 Å². The van der Waals surface area contributed by atoms with Crippen molar-refractivity contribution < 1.29 is 23.9 Å². The van der Waals surface area contributed by atoms with Crippen LogP contribution in [-0.4, -0.2) is 29.9 Å². The van der Waals surface area contributed by atoms with Crippen molar-refractivity contribution in [2.75, 3.05) is 0 Å². The quantitative estimate of drug-likeness (QED) is 0.665. The number of hydrogen-bond donors (Lipinski definition) is 0. The van der Waals surface area contributed by atoms with Crippen molar-refractivity contribution in [3.8, 4) is 0 Å². The van der Waals surface area contributed by atoms with Crippen LogP contribution in [0.3, 0.4) is 0 Å². The standard InChI is InChI=1S/C23H32O5/c1-13(24)27-16-9-10-22(3)15(11-16)5-6-17-18-7-8-20(28-14(2)25)23(18,4)12-19(26)21(17)22/h15-16,18,20H,5-12H2,1-4H3/t15-,16+,18-,20-,22-,23-/m0/s1. The molecule has 4 rings (SSSR count). The van der Waals surface area contributed by atoms with Crippen LogP contribution < -0.4 is 0 Å². The van der Waals surface area contributed by atoms with E-state index in [-0.39, 0.29) is 40.8 Å². The molecular formula is C23H32O5. The summed E-state index contributed by atoms with van der Waals surface area (Å²) in [6, 6.07) is 0. The molecule has 0 heterocycles. The number of Topliss-reactive ketones (excluding diaryl/α,β-unsaturated/α-hetero) is 1. The zero-order chi connectivity index (χ0) is 20.3. The molecule has 0 aromatic carbocycles. The summed E-state index contributed by atoms with van der Waals surface area (Å²) < 4.78 is 11.1. The van der Waals surface area contributed by atoms with Crippen LogP contribution in [0.2, 0.25) is 0 Å². The number of rotatable bonds is 2. The lowest BCUT2D eigenvalue weighted by Crippen LogP contribution is -2.50. The lowest BCUT2D eigenvalue weighted by atomic mass is 9.51. The molecule has 0 unspecified atom stereocenters. The normalized spacial score (nSPS) is 42.4. The van der Waals surface area contributed by atoms with E-state index in [0.717, 1.165) is 50.5 Å². The number of carbonyl (C=O) groups is 3. The van der Waals surface area contributed by atoms with Gasteiger partial charge in [0.2, 0.25) is 0 Å². The van der Waals surface area contributed by atoms with E-state index in [1.54, 1.807) is 0 Å². The average molecular weight is 389 g/mol. The fourth-order valence-electron chi connectivity index (χ4n) is 6.97. The number of esters is 2. The highest BCUT2D eigenvalue weighted by Gasteiger charge is 2.59. The van der Waals surface area contributed by atoms with Crippen LogP contribution in [0.15, 0.2) is 11.1 Å². The van der Waals surface area contributed by atoms with E-state index in [2.05, 4.69) is 13.8 Å². The van der Waals surface area contributed by atoms with E-state index in [9.17, 15) is 14.4 Å². The molecule has 2 fully saturated rings. The van der Waals surface area contributed by atoms with Crippen molar-refractivity contribution in [3.63, 3.8) is 0 Å². The molecule has 0 saturated heterocycles. The summed E-state index contributed by atoms with van der Waals surface area (Å²) >= 11 is 0. The average Bonchev–Trinajstić information content (AvgIpc) is 2.90. The topological polar surface area (TPSA) is 69.7 Å². The van der Waals surface area contributed by atoms with Crippen molar-refractivity contribution in [1.82, 2.24) is 0 Å². The second-order valence-electron chi connectivity index (χ2n) is 9.89. The van der Waals surface area contributed by atoms with Gasteiger partial charge in [-0.3, -0.25) is 14.4 Å². The summed E-state index contributed by atoms with van der Waals surface area (Å²) in [5.74, 6) is 0.526. The fraction of sp³-hybridized carbons (Fsp3) is 0.783. The molecule has 0 aromatic rings. The Kier molecular flexibility index (Phi) is 4.71. The largest absolute Gasteiger partial charge is 0.463 e. The molecule has 0 aromatic heterocycles.